The molecule has 1 aliphatic heterocycles. The highest BCUT2D eigenvalue weighted by atomic mass is 35.5. The Morgan fingerprint density at radius 1 is 1.29 bits per heavy atom. The Morgan fingerprint density at radius 2 is 2.04 bits per heavy atom. The maximum atomic E-state index is 12.7. The van der Waals surface area contributed by atoms with Gasteiger partial charge in [0.1, 0.15) is 6.61 Å². The number of thioether (sulfide) groups is 1. The molecule has 0 fully saturated rings. The predicted molar refractivity (Wildman–Crippen MR) is 96.5 cm³/mol. The van der Waals surface area contributed by atoms with Crippen LogP contribution in [0.4, 0.5) is 0 Å². The van der Waals surface area contributed by atoms with Crippen LogP contribution in [0.3, 0.4) is 0 Å². The highest BCUT2D eigenvalue weighted by Gasteiger charge is 2.25. The third-order valence-electron chi connectivity index (χ3n) is 3.80. The van der Waals surface area contributed by atoms with Gasteiger partial charge in [-0.3, -0.25) is 4.79 Å². The second-order valence-electron chi connectivity index (χ2n) is 5.53. The first-order valence-corrected chi connectivity index (χ1v) is 9.16. The summed E-state index contributed by atoms with van der Waals surface area (Å²) in [6, 6.07) is 13.0. The molecule has 0 radical (unpaired) electrons. The van der Waals surface area contributed by atoms with Crippen molar-refractivity contribution >= 4 is 29.3 Å². The third-order valence-corrected chi connectivity index (χ3v) is 4.85. The summed E-state index contributed by atoms with van der Waals surface area (Å²) in [5.41, 5.74) is 0.503. The molecule has 0 spiro atoms. The van der Waals surface area contributed by atoms with Crippen molar-refractivity contribution in [2.45, 2.75) is 11.0 Å². The molecule has 24 heavy (non-hydrogen) atoms. The molecule has 0 N–H and O–H groups in total. The number of nitrogens with zero attached hydrogens (tertiary/aromatic N) is 1. The molecule has 0 aromatic heterocycles. The number of ether oxygens (including phenoxy) is 2. The highest BCUT2D eigenvalue weighted by molar-refractivity contribution is 7.98. The van der Waals surface area contributed by atoms with Crippen molar-refractivity contribution in [1.29, 1.82) is 0 Å². The van der Waals surface area contributed by atoms with Crippen molar-refractivity contribution in [3.63, 3.8) is 0 Å². The van der Waals surface area contributed by atoms with Gasteiger partial charge >= 0.3 is 0 Å². The van der Waals surface area contributed by atoms with E-state index in [0.717, 1.165) is 10.6 Å². The molecule has 1 aliphatic rings. The van der Waals surface area contributed by atoms with Crippen molar-refractivity contribution in [3.05, 3.63) is 53.1 Å². The van der Waals surface area contributed by atoms with E-state index in [0.29, 0.717) is 29.5 Å². The maximum Gasteiger partial charge on any atom is 0.255 e. The van der Waals surface area contributed by atoms with Gasteiger partial charge in [0.25, 0.3) is 5.91 Å². The molecule has 2 aromatic carbocycles. The third kappa shape index (κ3) is 3.62. The Balaban J connectivity index is 1.69. The molecule has 1 heterocycles. The molecule has 0 unspecified atom stereocenters. The minimum Gasteiger partial charge on any atom is -0.486 e. The summed E-state index contributed by atoms with van der Waals surface area (Å²) in [4.78, 5) is 15.3. The number of benzene rings is 2. The molecule has 1 atom stereocenters. The van der Waals surface area contributed by atoms with Gasteiger partial charge in [-0.2, -0.15) is 0 Å². The Morgan fingerprint density at radius 3 is 2.79 bits per heavy atom. The number of fused-ring (bicyclic) bond motifs is 1. The van der Waals surface area contributed by atoms with Gasteiger partial charge in [0.15, 0.2) is 17.6 Å². The second-order valence-corrected chi connectivity index (χ2v) is 6.82. The summed E-state index contributed by atoms with van der Waals surface area (Å²) < 4.78 is 11.6. The van der Waals surface area contributed by atoms with Gasteiger partial charge in [-0.15, -0.1) is 11.8 Å². The van der Waals surface area contributed by atoms with E-state index in [2.05, 4.69) is 0 Å². The molecule has 0 saturated carbocycles. The first-order chi connectivity index (χ1) is 11.6. The SMILES string of the molecule is CSc1ccc(Cl)c(C(=O)N(C)C[C@H]2COc3ccccc3O2)c1. The summed E-state index contributed by atoms with van der Waals surface area (Å²) in [5, 5.41) is 0.454. The van der Waals surface area contributed by atoms with Crippen molar-refractivity contribution in [2.75, 3.05) is 26.5 Å². The fourth-order valence-electron chi connectivity index (χ4n) is 2.54. The molecule has 4 nitrogen and oxygen atoms in total. The number of hydrogen-bond acceptors (Lipinski definition) is 4. The van der Waals surface area contributed by atoms with Crippen molar-refractivity contribution in [3.8, 4) is 11.5 Å². The number of rotatable bonds is 4. The minimum absolute atomic E-state index is 0.127. The van der Waals surface area contributed by atoms with E-state index in [1.807, 2.05) is 42.7 Å². The van der Waals surface area contributed by atoms with Crippen LogP contribution in [0.1, 0.15) is 10.4 Å². The van der Waals surface area contributed by atoms with Crippen LogP contribution < -0.4 is 9.47 Å². The van der Waals surface area contributed by atoms with Gasteiger partial charge < -0.3 is 14.4 Å². The summed E-state index contributed by atoms with van der Waals surface area (Å²) in [7, 11) is 1.74. The first-order valence-electron chi connectivity index (χ1n) is 7.56. The monoisotopic (exact) mass is 363 g/mol. The topological polar surface area (TPSA) is 38.8 Å². The second kappa shape index (κ2) is 7.36. The van der Waals surface area contributed by atoms with E-state index >= 15 is 0 Å². The van der Waals surface area contributed by atoms with E-state index in [4.69, 9.17) is 21.1 Å². The number of carbonyl (C=O) groups is 1. The molecule has 0 aliphatic carbocycles. The molecule has 126 valence electrons. The number of carbonyl (C=O) groups excluding carboxylic acids is 1. The molecule has 3 rings (SSSR count). The first kappa shape index (κ1) is 17.0. The molecular formula is C18H18ClNO3S. The lowest BCUT2D eigenvalue weighted by molar-refractivity contribution is 0.0521. The average Bonchev–Trinajstić information content (AvgIpc) is 2.61. The summed E-state index contributed by atoms with van der Waals surface area (Å²) >= 11 is 7.76. The van der Waals surface area contributed by atoms with E-state index in [1.165, 1.54) is 0 Å². The number of halogens is 1. The van der Waals surface area contributed by atoms with Crippen molar-refractivity contribution in [2.24, 2.45) is 0 Å². The van der Waals surface area contributed by atoms with E-state index in [9.17, 15) is 4.79 Å². The Hall–Kier alpha value is -1.85. The van der Waals surface area contributed by atoms with Crippen LogP contribution in [0, 0.1) is 0 Å². The van der Waals surface area contributed by atoms with Crippen LogP contribution in [0.2, 0.25) is 5.02 Å². The number of amides is 1. The lowest BCUT2D eigenvalue weighted by atomic mass is 10.2. The molecule has 2 aromatic rings. The van der Waals surface area contributed by atoms with Crippen LogP contribution >= 0.6 is 23.4 Å². The smallest absolute Gasteiger partial charge is 0.255 e. The summed E-state index contributed by atoms with van der Waals surface area (Å²) in [6.45, 7) is 0.834. The van der Waals surface area contributed by atoms with Crippen LogP contribution in [0.15, 0.2) is 47.4 Å². The molecule has 6 heteroatoms. The maximum absolute atomic E-state index is 12.7. The number of hydrogen-bond donors (Lipinski definition) is 0. The number of para-hydroxylation sites is 2. The van der Waals surface area contributed by atoms with Gasteiger partial charge in [0.2, 0.25) is 0 Å². The standard InChI is InChI=1S/C18H18ClNO3S/c1-20(18(21)14-9-13(24-2)7-8-15(14)19)10-12-11-22-16-5-3-4-6-17(16)23-12/h3-9,12H,10-11H2,1-2H3/t12-/m0/s1. The zero-order chi connectivity index (χ0) is 17.1. The minimum atomic E-state index is -0.212. The Bertz CT molecular complexity index is 753. The average molecular weight is 364 g/mol. The summed E-state index contributed by atoms with van der Waals surface area (Å²) in [6.07, 6.45) is 1.75. The fraction of sp³-hybridized carbons (Fsp3) is 0.278. The van der Waals surface area contributed by atoms with Crippen LogP contribution in [-0.4, -0.2) is 43.4 Å². The normalized spacial score (nSPS) is 15.9. The zero-order valence-electron chi connectivity index (χ0n) is 13.5. The van der Waals surface area contributed by atoms with E-state index in [-0.39, 0.29) is 12.0 Å². The Kier molecular flexibility index (Phi) is 5.21. The van der Waals surface area contributed by atoms with Crippen molar-refractivity contribution in [1.82, 2.24) is 4.90 Å². The highest BCUT2D eigenvalue weighted by Crippen LogP contribution is 2.31. The molecule has 0 saturated heterocycles. The lowest BCUT2D eigenvalue weighted by Crippen LogP contribution is -2.41. The van der Waals surface area contributed by atoms with Gasteiger partial charge in [-0.25, -0.2) is 0 Å². The summed E-state index contributed by atoms with van der Waals surface area (Å²) in [5.74, 6) is 1.31. The van der Waals surface area contributed by atoms with Gasteiger partial charge in [-0.1, -0.05) is 23.7 Å². The predicted octanol–water partition coefficient (Wildman–Crippen LogP) is 3.97. The lowest BCUT2D eigenvalue weighted by Gasteiger charge is -2.29. The molecule has 1 amide bonds. The van der Waals surface area contributed by atoms with Gasteiger partial charge in [0, 0.05) is 11.9 Å². The van der Waals surface area contributed by atoms with Crippen molar-refractivity contribution < 1.29 is 14.3 Å². The van der Waals surface area contributed by atoms with E-state index in [1.54, 1.807) is 29.8 Å². The van der Waals surface area contributed by atoms with Gasteiger partial charge in [-0.05, 0) is 36.6 Å². The largest absolute Gasteiger partial charge is 0.486 e. The molecule has 0 bridgehead atoms. The Labute approximate surface area is 150 Å². The van der Waals surface area contributed by atoms with Gasteiger partial charge in [0.05, 0.1) is 17.1 Å². The van der Waals surface area contributed by atoms with Crippen LogP contribution in [0.5, 0.6) is 11.5 Å². The molecular weight excluding hydrogens is 346 g/mol. The van der Waals surface area contributed by atoms with Crippen LogP contribution in [0.25, 0.3) is 0 Å². The fourth-order valence-corrected chi connectivity index (χ4v) is 3.18. The number of likely N-dealkylation sites (N-methyl/N-ethyl adjacent to an activating group) is 1. The van der Waals surface area contributed by atoms with E-state index < -0.39 is 0 Å². The zero-order valence-corrected chi connectivity index (χ0v) is 15.1. The van der Waals surface area contributed by atoms with Crippen LogP contribution in [-0.2, 0) is 0 Å². The quantitative estimate of drug-likeness (QED) is 0.770.